The molecule has 5 heteroatoms. The first-order chi connectivity index (χ1) is 11.2. The molecule has 0 radical (unpaired) electrons. The van der Waals surface area contributed by atoms with Crippen LogP contribution in [0, 0.1) is 0 Å². The van der Waals surface area contributed by atoms with Gasteiger partial charge in [0.15, 0.2) is 5.96 Å². The molecule has 0 unspecified atom stereocenters. The summed E-state index contributed by atoms with van der Waals surface area (Å²) < 4.78 is 4.70. The molecule has 0 aliphatic heterocycles. The molecule has 0 atom stereocenters. The third kappa shape index (κ3) is 5.58. The maximum atomic E-state index is 11.4. The van der Waals surface area contributed by atoms with Crippen molar-refractivity contribution >= 4 is 11.9 Å². The van der Waals surface area contributed by atoms with E-state index in [0.717, 1.165) is 18.1 Å². The Morgan fingerprint density at radius 2 is 1.91 bits per heavy atom. The Kier molecular flexibility index (Phi) is 6.91. The number of nitrogens with zero attached hydrogens (tertiary/aromatic N) is 1. The summed E-state index contributed by atoms with van der Waals surface area (Å²) in [6.07, 6.45) is 6.38. The smallest absolute Gasteiger partial charge is 0.337 e. The summed E-state index contributed by atoms with van der Waals surface area (Å²) in [4.78, 5) is 16.1. The predicted octanol–water partition coefficient (Wildman–Crippen LogP) is 2.86. The first-order valence-electron chi connectivity index (χ1n) is 8.45. The van der Waals surface area contributed by atoms with Crippen molar-refractivity contribution in [3.05, 3.63) is 35.4 Å². The zero-order chi connectivity index (χ0) is 16.5. The van der Waals surface area contributed by atoms with Crippen molar-refractivity contribution in [3.63, 3.8) is 0 Å². The Morgan fingerprint density at radius 1 is 1.22 bits per heavy atom. The van der Waals surface area contributed by atoms with Crippen LogP contribution in [0.2, 0.25) is 0 Å². The Balaban J connectivity index is 1.94. The van der Waals surface area contributed by atoms with Gasteiger partial charge in [-0.15, -0.1) is 0 Å². The Hall–Kier alpha value is -2.04. The second-order valence-corrected chi connectivity index (χ2v) is 5.86. The van der Waals surface area contributed by atoms with E-state index in [2.05, 4.69) is 22.5 Å². The van der Waals surface area contributed by atoms with Crippen LogP contribution in [-0.4, -0.2) is 31.6 Å². The van der Waals surface area contributed by atoms with Gasteiger partial charge in [0.25, 0.3) is 0 Å². The van der Waals surface area contributed by atoms with E-state index in [1.807, 2.05) is 12.1 Å². The lowest BCUT2D eigenvalue weighted by molar-refractivity contribution is 0.0600. The summed E-state index contributed by atoms with van der Waals surface area (Å²) in [7, 11) is 1.39. The van der Waals surface area contributed by atoms with Crippen LogP contribution < -0.4 is 10.6 Å². The number of benzene rings is 1. The molecule has 1 fully saturated rings. The zero-order valence-electron chi connectivity index (χ0n) is 14.1. The van der Waals surface area contributed by atoms with Gasteiger partial charge >= 0.3 is 5.97 Å². The summed E-state index contributed by atoms with van der Waals surface area (Å²) in [6, 6.07) is 7.92. The van der Waals surface area contributed by atoms with Crippen LogP contribution in [0.1, 0.15) is 54.9 Å². The van der Waals surface area contributed by atoms with Crippen LogP contribution in [0.3, 0.4) is 0 Å². The normalized spacial score (nSPS) is 16.0. The summed E-state index contributed by atoms with van der Waals surface area (Å²) in [5.41, 5.74) is 1.63. The van der Waals surface area contributed by atoms with Crippen LogP contribution >= 0.6 is 0 Å². The van der Waals surface area contributed by atoms with Crippen molar-refractivity contribution in [3.8, 4) is 0 Å². The van der Waals surface area contributed by atoms with Crippen LogP contribution in [0.4, 0.5) is 0 Å². The number of aliphatic imine (C=N–C) groups is 1. The Morgan fingerprint density at radius 3 is 2.52 bits per heavy atom. The number of methoxy groups -OCH3 is 1. The van der Waals surface area contributed by atoms with Gasteiger partial charge in [-0.25, -0.2) is 9.79 Å². The van der Waals surface area contributed by atoms with Gasteiger partial charge in [0.1, 0.15) is 0 Å². The van der Waals surface area contributed by atoms with Crippen molar-refractivity contribution in [1.29, 1.82) is 0 Å². The molecule has 0 bridgehead atoms. The molecule has 0 saturated heterocycles. The molecule has 0 heterocycles. The quantitative estimate of drug-likeness (QED) is 0.498. The van der Waals surface area contributed by atoms with Crippen molar-refractivity contribution < 1.29 is 9.53 Å². The molecule has 5 nitrogen and oxygen atoms in total. The average molecular weight is 317 g/mol. The van der Waals surface area contributed by atoms with Gasteiger partial charge in [-0.05, 0) is 37.5 Å². The van der Waals surface area contributed by atoms with Crippen molar-refractivity contribution in [2.45, 2.75) is 51.6 Å². The van der Waals surface area contributed by atoms with E-state index in [1.165, 1.54) is 39.2 Å². The number of carbonyl (C=O) groups is 1. The van der Waals surface area contributed by atoms with Crippen LogP contribution in [0.15, 0.2) is 29.3 Å². The highest BCUT2D eigenvalue weighted by Crippen LogP contribution is 2.17. The number of carbonyl (C=O) groups excluding carboxylic acids is 1. The molecule has 0 spiro atoms. The van der Waals surface area contributed by atoms with E-state index in [-0.39, 0.29) is 5.97 Å². The first kappa shape index (κ1) is 17.3. The number of nitrogens with one attached hydrogen (secondary N) is 2. The minimum absolute atomic E-state index is 0.313. The molecule has 1 saturated carbocycles. The number of hydrogen-bond donors (Lipinski definition) is 2. The van der Waals surface area contributed by atoms with Crippen molar-refractivity contribution in [2.75, 3.05) is 13.7 Å². The number of rotatable bonds is 5. The lowest BCUT2D eigenvalue weighted by atomic mass is 9.96. The molecule has 0 aromatic heterocycles. The van der Waals surface area contributed by atoms with Crippen molar-refractivity contribution in [1.82, 2.24) is 10.6 Å². The number of hydrogen-bond acceptors (Lipinski definition) is 3. The molecule has 2 rings (SSSR count). The second kappa shape index (κ2) is 9.18. The number of ether oxygens (including phenoxy) is 1. The molecule has 1 aromatic rings. The first-order valence-corrected chi connectivity index (χ1v) is 8.45. The molecule has 2 N–H and O–H groups in total. The number of guanidine groups is 1. The maximum Gasteiger partial charge on any atom is 0.337 e. The largest absolute Gasteiger partial charge is 0.465 e. The SMILES string of the molecule is CCNC(=NCc1ccc(C(=O)OC)cc1)NC1CCCCC1. The van der Waals surface area contributed by atoms with Gasteiger partial charge < -0.3 is 15.4 Å². The molecule has 126 valence electrons. The van der Waals surface area contributed by atoms with E-state index in [0.29, 0.717) is 18.2 Å². The fraction of sp³-hybridized carbons (Fsp3) is 0.556. The monoisotopic (exact) mass is 317 g/mol. The highest BCUT2D eigenvalue weighted by atomic mass is 16.5. The van der Waals surface area contributed by atoms with Crippen molar-refractivity contribution in [2.24, 2.45) is 4.99 Å². The molecule has 23 heavy (non-hydrogen) atoms. The van der Waals surface area contributed by atoms with Gasteiger partial charge in [-0.2, -0.15) is 0 Å². The summed E-state index contributed by atoms with van der Waals surface area (Å²) in [5, 5.41) is 6.83. The van der Waals surface area contributed by atoms with E-state index >= 15 is 0 Å². The Bertz CT molecular complexity index is 520. The highest BCUT2D eigenvalue weighted by molar-refractivity contribution is 5.89. The van der Waals surface area contributed by atoms with E-state index < -0.39 is 0 Å². The molecule has 1 aliphatic carbocycles. The minimum atomic E-state index is -0.313. The molecule has 1 aliphatic rings. The van der Waals surface area contributed by atoms with E-state index in [1.54, 1.807) is 12.1 Å². The third-order valence-corrected chi connectivity index (χ3v) is 4.09. The molecular formula is C18H27N3O2. The second-order valence-electron chi connectivity index (χ2n) is 5.86. The van der Waals surface area contributed by atoms with Crippen LogP contribution in [0.5, 0.6) is 0 Å². The third-order valence-electron chi connectivity index (χ3n) is 4.09. The van der Waals surface area contributed by atoms with Gasteiger partial charge in [0.05, 0.1) is 19.2 Å². The van der Waals surface area contributed by atoms with Crippen LogP contribution in [0.25, 0.3) is 0 Å². The molecule has 0 amide bonds. The lowest BCUT2D eigenvalue weighted by Gasteiger charge is -2.24. The summed E-state index contributed by atoms with van der Waals surface area (Å²) in [5.74, 6) is 0.559. The van der Waals surface area contributed by atoms with Gasteiger partial charge in [-0.3, -0.25) is 0 Å². The lowest BCUT2D eigenvalue weighted by Crippen LogP contribution is -2.44. The van der Waals surface area contributed by atoms with Gasteiger partial charge in [-0.1, -0.05) is 31.4 Å². The fourth-order valence-electron chi connectivity index (χ4n) is 2.79. The van der Waals surface area contributed by atoms with E-state index in [9.17, 15) is 4.79 Å². The Labute approximate surface area is 138 Å². The topological polar surface area (TPSA) is 62.7 Å². The van der Waals surface area contributed by atoms with Gasteiger partial charge in [0, 0.05) is 12.6 Å². The van der Waals surface area contributed by atoms with Crippen LogP contribution in [-0.2, 0) is 11.3 Å². The molecular weight excluding hydrogens is 290 g/mol. The van der Waals surface area contributed by atoms with E-state index in [4.69, 9.17) is 4.74 Å². The highest BCUT2D eigenvalue weighted by Gasteiger charge is 2.14. The maximum absolute atomic E-state index is 11.4. The standard InChI is InChI=1S/C18H27N3O2/c1-3-19-18(21-16-7-5-4-6-8-16)20-13-14-9-11-15(12-10-14)17(22)23-2/h9-12,16H,3-8,13H2,1-2H3,(H2,19,20,21). The zero-order valence-corrected chi connectivity index (χ0v) is 14.1. The minimum Gasteiger partial charge on any atom is -0.465 e. The van der Waals surface area contributed by atoms with Gasteiger partial charge in [0.2, 0.25) is 0 Å². The average Bonchev–Trinajstić information content (AvgIpc) is 2.60. The predicted molar refractivity (Wildman–Crippen MR) is 92.6 cm³/mol. The fourth-order valence-corrected chi connectivity index (χ4v) is 2.79. The molecule has 1 aromatic carbocycles. The summed E-state index contributed by atoms with van der Waals surface area (Å²) >= 11 is 0. The number of esters is 1. The summed E-state index contributed by atoms with van der Waals surface area (Å²) in [6.45, 7) is 3.51.